The summed E-state index contributed by atoms with van der Waals surface area (Å²) in [7, 11) is 0. The number of aromatic nitrogens is 2. The SMILES string of the molecule is CC1CCC(CN)CN1c1ncnc2ccccc12. The average molecular weight is 256 g/mol. The molecule has 2 N–H and O–H groups in total. The molecule has 4 heteroatoms. The Hall–Kier alpha value is -1.68. The number of hydrogen-bond donors (Lipinski definition) is 1. The zero-order valence-corrected chi connectivity index (χ0v) is 11.3. The van der Waals surface area contributed by atoms with E-state index in [1.54, 1.807) is 6.33 Å². The molecule has 1 fully saturated rings. The molecule has 1 aromatic heterocycles. The number of nitrogens with two attached hydrogens (primary N) is 1. The Kier molecular flexibility index (Phi) is 3.34. The van der Waals surface area contributed by atoms with Crippen molar-refractivity contribution in [1.82, 2.24) is 9.97 Å². The second-order valence-corrected chi connectivity index (χ2v) is 5.39. The summed E-state index contributed by atoms with van der Waals surface area (Å²) in [6, 6.07) is 8.71. The highest BCUT2D eigenvalue weighted by Crippen LogP contribution is 2.30. The first kappa shape index (κ1) is 12.4. The maximum atomic E-state index is 5.84. The zero-order valence-electron chi connectivity index (χ0n) is 11.3. The molecule has 0 saturated carbocycles. The summed E-state index contributed by atoms with van der Waals surface area (Å²) in [6.07, 6.45) is 4.06. The second kappa shape index (κ2) is 5.13. The van der Waals surface area contributed by atoms with E-state index in [0.717, 1.165) is 29.8 Å². The molecule has 0 aliphatic carbocycles. The standard InChI is InChI=1S/C15H20N4/c1-11-6-7-12(8-16)9-19(11)15-13-4-2-3-5-14(13)17-10-18-15/h2-5,10-12H,6-9,16H2,1H3. The van der Waals surface area contributed by atoms with E-state index in [-0.39, 0.29) is 0 Å². The first-order valence-corrected chi connectivity index (χ1v) is 6.96. The normalized spacial score (nSPS) is 23.8. The molecule has 3 rings (SSSR count). The number of nitrogens with zero attached hydrogens (tertiary/aromatic N) is 3. The minimum absolute atomic E-state index is 0.515. The molecule has 2 unspecified atom stereocenters. The number of benzene rings is 1. The van der Waals surface area contributed by atoms with E-state index in [4.69, 9.17) is 5.73 Å². The molecular weight excluding hydrogens is 236 g/mol. The molecule has 0 spiro atoms. The van der Waals surface area contributed by atoms with Gasteiger partial charge in [-0.1, -0.05) is 12.1 Å². The minimum atomic E-state index is 0.515. The highest BCUT2D eigenvalue weighted by atomic mass is 15.2. The molecule has 2 atom stereocenters. The van der Waals surface area contributed by atoms with Gasteiger partial charge in [0.2, 0.25) is 0 Å². The largest absolute Gasteiger partial charge is 0.353 e. The van der Waals surface area contributed by atoms with Crippen molar-refractivity contribution in [3.63, 3.8) is 0 Å². The van der Waals surface area contributed by atoms with Crippen molar-refractivity contribution in [3.8, 4) is 0 Å². The fourth-order valence-electron chi connectivity index (χ4n) is 2.89. The lowest BCUT2D eigenvalue weighted by Crippen LogP contribution is -2.44. The van der Waals surface area contributed by atoms with E-state index < -0.39 is 0 Å². The second-order valence-electron chi connectivity index (χ2n) is 5.39. The van der Waals surface area contributed by atoms with Crippen LogP contribution < -0.4 is 10.6 Å². The summed E-state index contributed by atoms with van der Waals surface area (Å²) in [5.74, 6) is 1.63. The van der Waals surface area contributed by atoms with Crippen LogP contribution in [0.15, 0.2) is 30.6 Å². The summed E-state index contributed by atoms with van der Waals surface area (Å²) in [5.41, 5.74) is 6.85. The highest BCUT2D eigenvalue weighted by molar-refractivity contribution is 5.89. The Morgan fingerprint density at radius 3 is 2.95 bits per heavy atom. The molecule has 0 radical (unpaired) electrons. The number of rotatable bonds is 2. The average Bonchev–Trinajstić information content (AvgIpc) is 2.47. The lowest BCUT2D eigenvalue weighted by Gasteiger charge is -2.38. The topological polar surface area (TPSA) is 55.0 Å². The predicted molar refractivity (Wildman–Crippen MR) is 78.1 cm³/mol. The van der Waals surface area contributed by atoms with Crippen LogP contribution in [-0.4, -0.2) is 29.1 Å². The third-order valence-electron chi connectivity index (χ3n) is 4.11. The Bertz CT molecular complexity index is 564. The van der Waals surface area contributed by atoms with Gasteiger partial charge in [0.15, 0.2) is 0 Å². The monoisotopic (exact) mass is 256 g/mol. The zero-order chi connectivity index (χ0) is 13.2. The minimum Gasteiger partial charge on any atom is -0.353 e. The maximum absolute atomic E-state index is 5.84. The van der Waals surface area contributed by atoms with Crippen molar-refractivity contribution in [1.29, 1.82) is 0 Å². The van der Waals surface area contributed by atoms with E-state index in [0.29, 0.717) is 12.0 Å². The summed E-state index contributed by atoms with van der Waals surface area (Å²) in [5, 5.41) is 1.13. The molecule has 0 bridgehead atoms. The van der Waals surface area contributed by atoms with Crippen molar-refractivity contribution < 1.29 is 0 Å². The van der Waals surface area contributed by atoms with E-state index >= 15 is 0 Å². The van der Waals surface area contributed by atoms with Crippen LogP contribution in [0.3, 0.4) is 0 Å². The van der Waals surface area contributed by atoms with Gasteiger partial charge in [0.05, 0.1) is 5.52 Å². The number of anilines is 1. The van der Waals surface area contributed by atoms with Gasteiger partial charge >= 0.3 is 0 Å². The Labute approximate surface area is 113 Å². The first-order valence-electron chi connectivity index (χ1n) is 6.96. The van der Waals surface area contributed by atoms with Gasteiger partial charge in [0.25, 0.3) is 0 Å². The van der Waals surface area contributed by atoms with Crippen LogP contribution in [0.4, 0.5) is 5.82 Å². The van der Waals surface area contributed by atoms with Crippen molar-refractivity contribution >= 4 is 16.7 Å². The van der Waals surface area contributed by atoms with Crippen molar-refractivity contribution in [2.45, 2.75) is 25.8 Å². The molecule has 1 saturated heterocycles. The van der Waals surface area contributed by atoms with Gasteiger partial charge < -0.3 is 10.6 Å². The van der Waals surface area contributed by atoms with Crippen molar-refractivity contribution in [2.24, 2.45) is 11.7 Å². The molecule has 100 valence electrons. The summed E-state index contributed by atoms with van der Waals surface area (Å²) >= 11 is 0. The van der Waals surface area contributed by atoms with Crippen LogP contribution >= 0.6 is 0 Å². The summed E-state index contributed by atoms with van der Waals surface area (Å²) < 4.78 is 0. The fraction of sp³-hybridized carbons (Fsp3) is 0.467. The summed E-state index contributed by atoms with van der Waals surface area (Å²) in [6.45, 7) is 4.02. The highest BCUT2D eigenvalue weighted by Gasteiger charge is 2.26. The fourth-order valence-corrected chi connectivity index (χ4v) is 2.89. The molecule has 1 aromatic carbocycles. The lowest BCUT2D eigenvalue weighted by molar-refractivity contribution is 0.372. The molecular formula is C15H20N4. The molecule has 19 heavy (non-hydrogen) atoms. The van der Waals surface area contributed by atoms with Gasteiger partial charge in [-0.3, -0.25) is 0 Å². The Morgan fingerprint density at radius 2 is 2.11 bits per heavy atom. The summed E-state index contributed by atoms with van der Waals surface area (Å²) in [4.78, 5) is 11.3. The van der Waals surface area contributed by atoms with Crippen LogP contribution in [0.5, 0.6) is 0 Å². The third-order valence-corrected chi connectivity index (χ3v) is 4.11. The van der Waals surface area contributed by atoms with Crippen molar-refractivity contribution in [3.05, 3.63) is 30.6 Å². The van der Waals surface area contributed by atoms with E-state index in [1.165, 1.54) is 12.8 Å². The van der Waals surface area contributed by atoms with Crippen LogP contribution in [0.1, 0.15) is 19.8 Å². The Morgan fingerprint density at radius 1 is 1.26 bits per heavy atom. The van der Waals surface area contributed by atoms with Gasteiger partial charge in [-0.25, -0.2) is 9.97 Å². The molecule has 1 aliphatic heterocycles. The maximum Gasteiger partial charge on any atom is 0.140 e. The lowest BCUT2D eigenvalue weighted by atomic mass is 9.93. The van der Waals surface area contributed by atoms with E-state index in [1.807, 2.05) is 18.2 Å². The van der Waals surface area contributed by atoms with E-state index in [9.17, 15) is 0 Å². The smallest absolute Gasteiger partial charge is 0.140 e. The van der Waals surface area contributed by atoms with Gasteiger partial charge in [-0.2, -0.15) is 0 Å². The predicted octanol–water partition coefficient (Wildman–Crippen LogP) is 2.19. The third kappa shape index (κ3) is 2.28. The van der Waals surface area contributed by atoms with Crippen molar-refractivity contribution in [2.75, 3.05) is 18.0 Å². The molecule has 4 nitrogen and oxygen atoms in total. The first-order chi connectivity index (χ1) is 9.29. The van der Waals surface area contributed by atoms with E-state index in [2.05, 4.69) is 27.9 Å². The van der Waals surface area contributed by atoms with Crippen LogP contribution in [0, 0.1) is 5.92 Å². The molecule has 2 aromatic rings. The number of hydrogen-bond acceptors (Lipinski definition) is 4. The van der Waals surface area contributed by atoms with Gasteiger partial charge in [0, 0.05) is 18.0 Å². The Balaban J connectivity index is 2.02. The van der Waals surface area contributed by atoms with Gasteiger partial charge in [-0.15, -0.1) is 0 Å². The van der Waals surface area contributed by atoms with Crippen LogP contribution in [-0.2, 0) is 0 Å². The molecule has 1 aliphatic rings. The van der Waals surface area contributed by atoms with Crippen LogP contribution in [0.2, 0.25) is 0 Å². The molecule has 2 heterocycles. The van der Waals surface area contributed by atoms with Gasteiger partial charge in [0.1, 0.15) is 12.1 Å². The molecule has 0 amide bonds. The number of fused-ring (bicyclic) bond motifs is 1. The van der Waals surface area contributed by atoms with Gasteiger partial charge in [-0.05, 0) is 44.4 Å². The quantitative estimate of drug-likeness (QED) is 0.895. The number of piperidine rings is 1. The number of para-hydroxylation sites is 1. The van der Waals surface area contributed by atoms with Crippen LogP contribution in [0.25, 0.3) is 10.9 Å².